The minimum atomic E-state index is 0.330. The van der Waals surface area contributed by atoms with E-state index in [1.807, 2.05) is 31.3 Å². The Hall–Kier alpha value is -1.02. The number of benzene rings is 2. The van der Waals surface area contributed by atoms with Crippen molar-refractivity contribution in [3.63, 3.8) is 0 Å². The molecule has 1 N–H and O–H groups in total. The third-order valence-electron chi connectivity index (χ3n) is 3.26. The molecule has 0 saturated carbocycles. The second kappa shape index (κ2) is 6.95. The predicted octanol–water partition coefficient (Wildman–Crippen LogP) is 4.89. The topological polar surface area (TPSA) is 12.0 Å². The molecule has 0 amide bonds. The van der Waals surface area contributed by atoms with E-state index in [-0.39, 0.29) is 0 Å². The van der Waals surface area contributed by atoms with E-state index in [0.717, 1.165) is 28.5 Å². The summed E-state index contributed by atoms with van der Waals surface area (Å²) >= 11 is 12.2. The summed E-state index contributed by atoms with van der Waals surface area (Å²) in [5.41, 5.74) is 2.40. The van der Waals surface area contributed by atoms with E-state index in [1.165, 1.54) is 5.56 Å². The van der Waals surface area contributed by atoms with Crippen molar-refractivity contribution < 1.29 is 0 Å². The summed E-state index contributed by atoms with van der Waals surface area (Å²) in [5, 5.41) is 4.87. The molecule has 0 spiro atoms. The molecule has 0 aliphatic rings. The highest BCUT2D eigenvalue weighted by atomic mass is 35.5. The zero-order valence-electron chi connectivity index (χ0n) is 10.9. The van der Waals surface area contributed by atoms with Gasteiger partial charge in [0, 0.05) is 16.1 Å². The fraction of sp³-hybridized carbons (Fsp3) is 0.250. The minimum absolute atomic E-state index is 0.330. The predicted molar refractivity (Wildman–Crippen MR) is 83.0 cm³/mol. The maximum absolute atomic E-state index is 6.19. The van der Waals surface area contributed by atoms with Crippen LogP contribution >= 0.6 is 23.2 Å². The van der Waals surface area contributed by atoms with E-state index in [0.29, 0.717) is 6.04 Å². The van der Waals surface area contributed by atoms with Gasteiger partial charge in [0.15, 0.2) is 0 Å². The standard InChI is InChI=1S/C16H17Cl2N/c1-19-16(12-5-3-2-4-6-12)10-7-13-11-14(17)8-9-15(13)18/h2-6,8-9,11,16,19H,7,10H2,1H3. The summed E-state index contributed by atoms with van der Waals surface area (Å²) in [6, 6.07) is 16.4. The first-order chi connectivity index (χ1) is 9.20. The van der Waals surface area contributed by atoms with Crippen molar-refractivity contribution in [2.45, 2.75) is 18.9 Å². The lowest BCUT2D eigenvalue weighted by atomic mass is 9.99. The summed E-state index contributed by atoms with van der Waals surface area (Å²) in [7, 11) is 1.98. The fourth-order valence-corrected chi connectivity index (χ4v) is 2.60. The summed E-state index contributed by atoms with van der Waals surface area (Å²) in [6.07, 6.45) is 1.89. The van der Waals surface area contributed by atoms with Crippen LogP contribution in [0.2, 0.25) is 10.0 Å². The van der Waals surface area contributed by atoms with Gasteiger partial charge in [0.2, 0.25) is 0 Å². The van der Waals surface area contributed by atoms with E-state index in [2.05, 4.69) is 29.6 Å². The quantitative estimate of drug-likeness (QED) is 0.828. The van der Waals surface area contributed by atoms with Gasteiger partial charge in [-0.15, -0.1) is 0 Å². The third-order valence-corrected chi connectivity index (χ3v) is 3.86. The number of aryl methyl sites for hydroxylation is 1. The number of halogens is 2. The molecule has 2 aromatic rings. The van der Waals surface area contributed by atoms with Crippen molar-refractivity contribution in [2.75, 3.05) is 7.05 Å². The van der Waals surface area contributed by atoms with Crippen molar-refractivity contribution in [3.8, 4) is 0 Å². The van der Waals surface area contributed by atoms with Gasteiger partial charge in [-0.3, -0.25) is 0 Å². The van der Waals surface area contributed by atoms with E-state index in [1.54, 1.807) is 0 Å². The van der Waals surface area contributed by atoms with Gasteiger partial charge >= 0.3 is 0 Å². The first-order valence-electron chi connectivity index (χ1n) is 6.37. The van der Waals surface area contributed by atoms with Gasteiger partial charge in [-0.05, 0) is 49.2 Å². The van der Waals surface area contributed by atoms with Gasteiger partial charge < -0.3 is 5.32 Å². The van der Waals surface area contributed by atoms with Crippen molar-refractivity contribution in [2.24, 2.45) is 0 Å². The summed E-state index contributed by atoms with van der Waals surface area (Å²) in [4.78, 5) is 0. The van der Waals surface area contributed by atoms with Crippen LogP contribution < -0.4 is 5.32 Å². The second-order valence-electron chi connectivity index (χ2n) is 4.53. The van der Waals surface area contributed by atoms with E-state index in [4.69, 9.17) is 23.2 Å². The number of hydrogen-bond acceptors (Lipinski definition) is 1. The first kappa shape index (κ1) is 14.4. The summed E-state index contributed by atoms with van der Waals surface area (Å²) in [6.45, 7) is 0. The van der Waals surface area contributed by atoms with Crippen molar-refractivity contribution in [3.05, 3.63) is 69.7 Å². The number of rotatable bonds is 5. The third kappa shape index (κ3) is 3.97. The Kier molecular flexibility index (Phi) is 5.26. The summed E-state index contributed by atoms with van der Waals surface area (Å²) in [5.74, 6) is 0. The Morgan fingerprint density at radius 3 is 2.47 bits per heavy atom. The van der Waals surface area contributed by atoms with Crippen LogP contribution in [0.3, 0.4) is 0 Å². The maximum Gasteiger partial charge on any atom is 0.0439 e. The van der Waals surface area contributed by atoms with Crippen molar-refractivity contribution in [1.82, 2.24) is 5.32 Å². The number of hydrogen-bond donors (Lipinski definition) is 1. The Bertz CT molecular complexity index is 526. The molecule has 0 saturated heterocycles. The molecule has 0 aliphatic heterocycles. The van der Waals surface area contributed by atoms with Crippen LogP contribution in [0.15, 0.2) is 48.5 Å². The molecule has 2 aromatic carbocycles. The monoisotopic (exact) mass is 293 g/mol. The maximum atomic E-state index is 6.19. The fourth-order valence-electron chi connectivity index (χ4n) is 2.20. The van der Waals surface area contributed by atoms with Crippen LogP contribution in [0.25, 0.3) is 0 Å². The minimum Gasteiger partial charge on any atom is -0.313 e. The molecule has 0 radical (unpaired) electrons. The molecule has 0 bridgehead atoms. The van der Waals surface area contributed by atoms with Crippen molar-refractivity contribution >= 4 is 23.2 Å². The van der Waals surface area contributed by atoms with Gasteiger partial charge in [-0.1, -0.05) is 53.5 Å². The van der Waals surface area contributed by atoms with Gasteiger partial charge in [0.05, 0.1) is 0 Å². The Balaban J connectivity index is 2.06. The molecule has 100 valence electrons. The normalized spacial score (nSPS) is 12.4. The molecular formula is C16H17Cl2N. The average Bonchev–Trinajstić information content (AvgIpc) is 2.44. The lowest BCUT2D eigenvalue weighted by Gasteiger charge is -2.17. The molecule has 0 aromatic heterocycles. The van der Waals surface area contributed by atoms with Gasteiger partial charge in [0.1, 0.15) is 0 Å². The molecule has 1 nitrogen and oxygen atoms in total. The van der Waals surface area contributed by atoms with E-state index in [9.17, 15) is 0 Å². The number of nitrogens with one attached hydrogen (secondary N) is 1. The van der Waals surface area contributed by atoms with Gasteiger partial charge in [-0.2, -0.15) is 0 Å². The Labute approximate surface area is 124 Å². The lowest BCUT2D eigenvalue weighted by molar-refractivity contribution is 0.549. The molecule has 0 fully saturated rings. The Morgan fingerprint density at radius 1 is 1.05 bits per heavy atom. The molecule has 0 aliphatic carbocycles. The van der Waals surface area contributed by atoms with E-state index < -0.39 is 0 Å². The molecule has 19 heavy (non-hydrogen) atoms. The Morgan fingerprint density at radius 2 is 1.79 bits per heavy atom. The smallest absolute Gasteiger partial charge is 0.0439 e. The lowest BCUT2D eigenvalue weighted by Crippen LogP contribution is -2.17. The zero-order chi connectivity index (χ0) is 13.7. The molecule has 2 rings (SSSR count). The molecule has 1 atom stereocenters. The SMILES string of the molecule is CNC(CCc1cc(Cl)ccc1Cl)c1ccccc1. The van der Waals surface area contributed by atoms with Gasteiger partial charge in [0.25, 0.3) is 0 Å². The van der Waals surface area contributed by atoms with Crippen molar-refractivity contribution in [1.29, 1.82) is 0 Å². The van der Waals surface area contributed by atoms with Crippen LogP contribution in [0, 0.1) is 0 Å². The van der Waals surface area contributed by atoms with Crippen LogP contribution in [-0.2, 0) is 6.42 Å². The summed E-state index contributed by atoms with van der Waals surface area (Å²) < 4.78 is 0. The molecule has 1 unspecified atom stereocenters. The van der Waals surface area contributed by atoms with Crippen LogP contribution in [0.1, 0.15) is 23.6 Å². The highest BCUT2D eigenvalue weighted by molar-refractivity contribution is 6.33. The molecule has 0 heterocycles. The van der Waals surface area contributed by atoms with Crippen LogP contribution in [0.4, 0.5) is 0 Å². The van der Waals surface area contributed by atoms with Crippen LogP contribution in [0.5, 0.6) is 0 Å². The largest absolute Gasteiger partial charge is 0.313 e. The average molecular weight is 294 g/mol. The highest BCUT2D eigenvalue weighted by Gasteiger charge is 2.10. The highest BCUT2D eigenvalue weighted by Crippen LogP contribution is 2.25. The van der Waals surface area contributed by atoms with Gasteiger partial charge in [-0.25, -0.2) is 0 Å². The second-order valence-corrected chi connectivity index (χ2v) is 5.37. The molecule has 3 heteroatoms. The van der Waals surface area contributed by atoms with Crippen LogP contribution in [-0.4, -0.2) is 7.05 Å². The zero-order valence-corrected chi connectivity index (χ0v) is 12.4. The first-order valence-corrected chi connectivity index (χ1v) is 7.12. The molecular weight excluding hydrogens is 277 g/mol. The van der Waals surface area contributed by atoms with E-state index >= 15 is 0 Å².